The molecule has 1 aliphatic rings. The van der Waals surface area contributed by atoms with Crippen LogP contribution in [0.2, 0.25) is 10.0 Å². The van der Waals surface area contributed by atoms with Crippen LogP contribution in [0.3, 0.4) is 0 Å². The molecule has 0 bridgehead atoms. The van der Waals surface area contributed by atoms with Gasteiger partial charge in [-0.05, 0) is 57.0 Å². The highest BCUT2D eigenvalue weighted by Gasteiger charge is 2.22. The molecule has 1 aliphatic heterocycles. The summed E-state index contributed by atoms with van der Waals surface area (Å²) < 4.78 is 27.5. The van der Waals surface area contributed by atoms with Gasteiger partial charge in [-0.15, -0.1) is 0 Å². The molecule has 0 unspecified atom stereocenters. The SMILES string of the molecule is CC(C)COC(=O)Nc1ncc(-c2cnn(C3CCNCC3)c2)cc1O[C@H](C)c1c(Cl)ccc(F)c1Cl. The Labute approximate surface area is 225 Å². The summed E-state index contributed by atoms with van der Waals surface area (Å²) in [6.45, 7) is 7.72. The van der Waals surface area contributed by atoms with Crippen molar-refractivity contribution in [3.8, 4) is 16.9 Å². The largest absolute Gasteiger partial charge is 0.482 e. The molecule has 3 aromatic rings. The van der Waals surface area contributed by atoms with E-state index in [1.54, 1.807) is 25.4 Å². The lowest BCUT2D eigenvalue weighted by atomic mass is 10.1. The predicted molar refractivity (Wildman–Crippen MR) is 142 cm³/mol. The molecule has 1 saturated heterocycles. The van der Waals surface area contributed by atoms with E-state index >= 15 is 0 Å². The second-order valence-corrected chi connectivity index (χ2v) is 10.2. The Morgan fingerprint density at radius 3 is 2.70 bits per heavy atom. The molecule has 2 aromatic heterocycles. The Hall–Kier alpha value is -2.88. The zero-order valence-corrected chi connectivity index (χ0v) is 22.4. The number of anilines is 1. The average Bonchev–Trinajstić information content (AvgIpc) is 3.37. The first kappa shape index (κ1) is 27.2. The Balaban J connectivity index is 1.64. The number of carbonyl (C=O) groups excluding carboxylic acids is 1. The van der Waals surface area contributed by atoms with Gasteiger partial charge in [0.25, 0.3) is 0 Å². The van der Waals surface area contributed by atoms with Crippen molar-refractivity contribution in [1.29, 1.82) is 0 Å². The zero-order valence-electron chi connectivity index (χ0n) is 20.9. The van der Waals surface area contributed by atoms with Gasteiger partial charge in [0.1, 0.15) is 11.9 Å². The van der Waals surface area contributed by atoms with Gasteiger partial charge < -0.3 is 14.8 Å². The summed E-state index contributed by atoms with van der Waals surface area (Å²) in [7, 11) is 0. The molecule has 2 N–H and O–H groups in total. The molecule has 37 heavy (non-hydrogen) atoms. The number of aromatic nitrogens is 3. The number of pyridine rings is 1. The number of nitrogens with one attached hydrogen (secondary N) is 2. The lowest BCUT2D eigenvalue weighted by Gasteiger charge is -2.22. The van der Waals surface area contributed by atoms with Crippen LogP contribution < -0.4 is 15.4 Å². The third-order valence-electron chi connectivity index (χ3n) is 6.03. The highest BCUT2D eigenvalue weighted by Crippen LogP contribution is 2.38. The maximum Gasteiger partial charge on any atom is 0.412 e. The van der Waals surface area contributed by atoms with Crippen molar-refractivity contribution in [2.45, 2.75) is 45.8 Å². The summed E-state index contributed by atoms with van der Waals surface area (Å²) in [5.41, 5.74) is 1.88. The molecule has 0 aliphatic carbocycles. The molecule has 0 radical (unpaired) electrons. The van der Waals surface area contributed by atoms with Gasteiger partial charge in [0, 0.05) is 34.1 Å². The van der Waals surface area contributed by atoms with Crippen molar-refractivity contribution in [3.63, 3.8) is 0 Å². The lowest BCUT2D eigenvalue weighted by Crippen LogP contribution is -2.29. The molecule has 4 rings (SSSR count). The summed E-state index contributed by atoms with van der Waals surface area (Å²) in [6.07, 6.45) is 5.97. The van der Waals surface area contributed by atoms with Crippen LogP contribution in [0.5, 0.6) is 5.75 Å². The summed E-state index contributed by atoms with van der Waals surface area (Å²) >= 11 is 12.5. The van der Waals surface area contributed by atoms with Crippen LogP contribution in [-0.2, 0) is 4.74 Å². The van der Waals surface area contributed by atoms with Gasteiger partial charge in [0.2, 0.25) is 0 Å². The fraction of sp³-hybridized carbons (Fsp3) is 0.423. The van der Waals surface area contributed by atoms with Crippen LogP contribution in [0.25, 0.3) is 11.1 Å². The second kappa shape index (κ2) is 12.1. The first-order valence-corrected chi connectivity index (χ1v) is 13.0. The third-order valence-corrected chi connectivity index (χ3v) is 6.74. The van der Waals surface area contributed by atoms with E-state index in [9.17, 15) is 9.18 Å². The van der Waals surface area contributed by atoms with Gasteiger partial charge in [-0.3, -0.25) is 10.00 Å². The Morgan fingerprint density at radius 1 is 1.22 bits per heavy atom. The number of nitrogens with zero attached hydrogens (tertiary/aromatic N) is 3. The maximum absolute atomic E-state index is 14.2. The number of piperidine rings is 1. The number of rotatable bonds is 8. The Kier molecular flexibility index (Phi) is 8.89. The van der Waals surface area contributed by atoms with Gasteiger partial charge in [-0.1, -0.05) is 37.0 Å². The molecule has 1 fully saturated rings. The van der Waals surface area contributed by atoms with Gasteiger partial charge in [-0.2, -0.15) is 5.10 Å². The number of hydrogen-bond acceptors (Lipinski definition) is 6. The highest BCUT2D eigenvalue weighted by molar-refractivity contribution is 6.36. The van der Waals surface area contributed by atoms with E-state index in [-0.39, 0.29) is 34.1 Å². The number of carbonyl (C=O) groups is 1. The van der Waals surface area contributed by atoms with Crippen molar-refractivity contribution in [2.24, 2.45) is 5.92 Å². The predicted octanol–water partition coefficient (Wildman–Crippen LogP) is 6.66. The van der Waals surface area contributed by atoms with E-state index in [0.29, 0.717) is 11.6 Å². The fourth-order valence-electron chi connectivity index (χ4n) is 4.08. The molecule has 0 spiro atoms. The summed E-state index contributed by atoms with van der Waals surface area (Å²) in [5.74, 6) is -0.0360. The topological polar surface area (TPSA) is 90.3 Å². The molecule has 3 heterocycles. The number of ether oxygens (including phenoxy) is 2. The van der Waals surface area contributed by atoms with E-state index in [4.69, 9.17) is 32.7 Å². The van der Waals surface area contributed by atoms with Gasteiger partial charge in [-0.25, -0.2) is 14.2 Å². The molecular formula is C26H30Cl2FN5O3. The lowest BCUT2D eigenvalue weighted by molar-refractivity contribution is 0.147. The fourth-order valence-corrected chi connectivity index (χ4v) is 4.76. The van der Waals surface area contributed by atoms with Crippen LogP contribution in [0.15, 0.2) is 36.8 Å². The number of benzene rings is 1. The molecular weight excluding hydrogens is 520 g/mol. The second-order valence-electron chi connectivity index (χ2n) is 9.40. The van der Waals surface area contributed by atoms with Crippen LogP contribution in [0.1, 0.15) is 51.3 Å². The summed E-state index contributed by atoms with van der Waals surface area (Å²) in [6, 6.07) is 4.69. The van der Waals surface area contributed by atoms with Crippen LogP contribution in [-0.4, -0.2) is 40.6 Å². The Morgan fingerprint density at radius 2 is 1.97 bits per heavy atom. The van der Waals surface area contributed by atoms with Crippen molar-refractivity contribution >= 4 is 35.1 Å². The number of hydrogen-bond donors (Lipinski definition) is 2. The zero-order chi connectivity index (χ0) is 26.5. The summed E-state index contributed by atoms with van der Waals surface area (Å²) in [5, 5.41) is 10.7. The minimum atomic E-state index is -0.752. The number of halogens is 3. The standard InChI is InChI=1S/C26H30Cl2FN5O3/c1-15(2)14-36-26(35)33-25-22(37-16(3)23-20(27)4-5-21(29)24(23)28)10-17(11-31-25)18-12-32-34(13-18)19-6-8-30-9-7-19/h4-5,10-13,15-16,19,30H,6-9,14H2,1-3H3,(H,31,33,35)/t16-/m1/s1. The van der Waals surface area contributed by atoms with Crippen molar-refractivity contribution in [3.05, 3.63) is 58.2 Å². The average molecular weight is 550 g/mol. The molecule has 198 valence electrons. The van der Waals surface area contributed by atoms with Gasteiger partial charge >= 0.3 is 6.09 Å². The minimum absolute atomic E-state index is 0.127. The van der Waals surface area contributed by atoms with Crippen molar-refractivity contribution in [1.82, 2.24) is 20.1 Å². The van der Waals surface area contributed by atoms with Crippen molar-refractivity contribution in [2.75, 3.05) is 25.0 Å². The van der Waals surface area contributed by atoms with Crippen molar-refractivity contribution < 1.29 is 18.7 Å². The van der Waals surface area contributed by atoms with Gasteiger partial charge in [0.15, 0.2) is 11.6 Å². The van der Waals surface area contributed by atoms with E-state index < -0.39 is 18.0 Å². The monoisotopic (exact) mass is 549 g/mol. The highest BCUT2D eigenvalue weighted by atomic mass is 35.5. The molecule has 0 saturated carbocycles. The first-order chi connectivity index (χ1) is 17.7. The van der Waals surface area contributed by atoms with Crippen LogP contribution in [0, 0.1) is 11.7 Å². The first-order valence-electron chi connectivity index (χ1n) is 12.2. The maximum atomic E-state index is 14.2. The van der Waals surface area contributed by atoms with Crippen LogP contribution >= 0.6 is 23.2 Å². The number of amides is 1. The quantitative estimate of drug-likeness (QED) is 0.305. The van der Waals surface area contributed by atoms with E-state index in [1.807, 2.05) is 24.7 Å². The van der Waals surface area contributed by atoms with Gasteiger partial charge in [0.05, 0.1) is 23.9 Å². The molecule has 1 amide bonds. The molecule has 1 atom stereocenters. The molecule has 11 heteroatoms. The minimum Gasteiger partial charge on any atom is -0.482 e. The third kappa shape index (κ3) is 6.71. The van der Waals surface area contributed by atoms with E-state index in [1.165, 1.54) is 12.1 Å². The Bertz CT molecular complexity index is 1250. The van der Waals surface area contributed by atoms with E-state index in [0.717, 1.165) is 37.1 Å². The summed E-state index contributed by atoms with van der Waals surface area (Å²) in [4.78, 5) is 16.8. The smallest absolute Gasteiger partial charge is 0.412 e. The van der Waals surface area contributed by atoms with E-state index in [2.05, 4.69) is 20.7 Å². The normalized spacial score (nSPS) is 15.0. The van der Waals surface area contributed by atoms with Crippen LogP contribution in [0.4, 0.5) is 15.0 Å². The molecule has 1 aromatic carbocycles. The molecule has 8 nitrogen and oxygen atoms in total.